The van der Waals surface area contributed by atoms with E-state index in [4.69, 9.17) is 21.1 Å². The molecule has 0 saturated carbocycles. The summed E-state index contributed by atoms with van der Waals surface area (Å²) in [6.45, 7) is 1.06. The van der Waals surface area contributed by atoms with Crippen LogP contribution < -0.4 is 10.1 Å². The molecule has 2 aromatic carbocycles. The molecule has 1 atom stereocenters. The molecule has 6 heteroatoms. The number of benzene rings is 2. The molecule has 22 heavy (non-hydrogen) atoms. The Kier molecular flexibility index (Phi) is 4.27. The zero-order valence-electron chi connectivity index (χ0n) is 11.5. The molecule has 0 aliphatic carbocycles. The maximum Gasteiger partial charge on any atom is 0.259 e. The predicted molar refractivity (Wildman–Crippen MR) is 81.0 cm³/mol. The Bertz CT molecular complexity index is 686. The van der Waals surface area contributed by atoms with Gasteiger partial charge in [0.15, 0.2) is 0 Å². The van der Waals surface area contributed by atoms with Crippen molar-refractivity contribution in [3.05, 3.63) is 58.9 Å². The monoisotopic (exact) mass is 321 g/mol. The second-order valence-corrected chi connectivity index (χ2v) is 5.30. The van der Waals surface area contributed by atoms with Crippen LogP contribution in [0, 0.1) is 5.82 Å². The number of nitrogens with one attached hydrogen (secondary N) is 1. The highest BCUT2D eigenvalue weighted by Gasteiger charge is 2.24. The molecule has 1 amide bonds. The van der Waals surface area contributed by atoms with Gasteiger partial charge in [0, 0.05) is 10.7 Å². The minimum atomic E-state index is -0.374. The van der Waals surface area contributed by atoms with Gasteiger partial charge in [-0.25, -0.2) is 4.39 Å². The van der Waals surface area contributed by atoms with Crippen molar-refractivity contribution < 1.29 is 18.7 Å². The molecule has 1 aliphatic heterocycles. The molecule has 0 bridgehead atoms. The largest absolute Gasteiger partial charge is 0.490 e. The van der Waals surface area contributed by atoms with Crippen LogP contribution >= 0.6 is 11.6 Å². The molecule has 0 spiro atoms. The summed E-state index contributed by atoms with van der Waals surface area (Å²) < 4.78 is 23.5. The van der Waals surface area contributed by atoms with Crippen molar-refractivity contribution >= 4 is 23.2 Å². The van der Waals surface area contributed by atoms with Gasteiger partial charge in [-0.05, 0) is 42.5 Å². The summed E-state index contributed by atoms with van der Waals surface area (Å²) >= 11 is 5.95. The van der Waals surface area contributed by atoms with Crippen LogP contribution in [-0.2, 0) is 4.74 Å². The van der Waals surface area contributed by atoms with Crippen LogP contribution in [0.15, 0.2) is 42.5 Å². The van der Waals surface area contributed by atoms with Gasteiger partial charge in [0.1, 0.15) is 24.3 Å². The van der Waals surface area contributed by atoms with E-state index in [2.05, 4.69) is 5.32 Å². The van der Waals surface area contributed by atoms with Crippen molar-refractivity contribution in [2.45, 2.75) is 6.10 Å². The van der Waals surface area contributed by atoms with Crippen molar-refractivity contribution in [2.24, 2.45) is 0 Å². The molecule has 1 fully saturated rings. The lowest BCUT2D eigenvalue weighted by Gasteiger charge is -2.11. The number of halogens is 2. The summed E-state index contributed by atoms with van der Waals surface area (Å²) in [6.07, 6.45) is 0.0867. The lowest BCUT2D eigenvalue weighted by atomic mass is 10.1. The Morgan fingerprint density at radius 3 is 2.73 bits per heavy atom. The summed E-state index contributed by atoms with van der Waals surface area (Å²) in [5, 5.41) is 3.11. The van der Waals surface area contributed by atoms with Gasteiger partial charge in [-0.15, -0.1) is 0 Å². The Morgan fingerprint density at radius 1 is 1.32 bits per heavy atom. The quantitative estimate of drug-likeness (QED) is 0.857. The summed E-state index contributed by atoms with van der Waals surface area (Å²) in [7, 11) is 0. The molecule has 4 nitrogen and oxygen atoms in total. The Labute approximate surface area is 131 Å². The third-order valence-corrected chi connectivity index (χ3v) is 3.35. The van der Waals surface area contributed by atoms with E-state index < -0.39 is 0 Å². The van der Waals surface area contributed by atoms with Crippen LogP contribution in [-0.4, -0.2) is 25.2 Å². The molecule has 0 radical (unpaired) electrons. The summed E-state index contributed by atoms with van der Waals surface area (Å²) in [4.78, 5) is 12.4. The fourth-order valence-corrected chi connectivity index (χ4v) is 2.06. The first kappa shape index (κ1) is 14.8. The molecule has 0 aromatic heterocycles. The molecular weight excluding hydrogens is 309 g/mol. The molecule has 1 N–H and O–H groups in total. The van der Waals surface area contributed by atoms with Gasteiger partial charge in [-0.3, -0.25) is 4.79 Å². The van der Waals surface area contributed by atoms with E-state index in [0.29, 0.717) is 35.2 Å². The zero-order valence-corrected chi connectivity index (χ0v) is 12.3. The van der Waals surface area contributed by atoms with Crippen LogP contribution in [0.25, 0.3) is 0 Å². The molecule has 3 rings (SSSR count). The van der Waals surface area contributed by atoms with Crippen molar-refractivity contribution in [3.63, 3.8) is 0 Å². The van der Waals surface area contributed by atoms with Crippen LogP contribution in [0.5, 0.6) is 5.75 Å². The number of rotatable bonds is 5. The Hall–Kier alpha value is -2.11. The Balaban J connectivity index is 1.77. The lowest BCUT2D eigenvalue weighted by Crippen LogP contribution is -2.15. The summed E-state index contributed by atoms with van der Waals surface area (Å²) in [5.74, 6) is -0.311. The molecule has 2 aromatic rings. The van der Waals surface area contributed by atoms with Gasteiger partial charge in [0.2, 0.25) is 0 Å². The van der Waals surface area contributed by atoms with E-state index in [1.807, 2.05) is 0 Å². The number of hydrogen-bond acceptors (Lipinski definition) is 3. The van der Waals surface area contributed by atoms with Gasteiger partial charge in [0.25, 0.3) is 5.91 Å². The Morgan fingerprint density at radius 2 is 2.05 bits per heavy atom. The molecular formula is C16H13ClFNO3. The number of carbonyl (C=O) groups is 1. The fraction of sp³-hybridized carbons (Fsp3) is 0.188. The molecule has 1 heterocycles. The number of carbonyl (C=O) groups excluding carboxylic acids is 1. The smallest absolute Gasteiger partial charge is 0.259 e. The first-order chi connectivity index (χ1) is 10.6. The summed E-state index contributed by atoms with van der Waals surface area (Å²) in [5.41, 5.74) is 0.806. The fourth-order valence-electron chi connectivity index (χ4n) is 1.88. The van der Waals surface area contributed by atoms with Crippen LogP contribution in [0.4, 0.5) is 10.1 Å². The number of hydrogen-bond donors (Lipinski definition) is 1. The van der Waals surface area contributed by atoms with Crippen molar-refractivity contribution in [1.82, 2.24) is 0 Å². The van der Waals surface area contributed by atoms with E-state index in [1.54, 1.807) is 12.1 Å². The van der Waals surface area contributed by atoms with Crippen LogP contribution in [0.3, 0.4) is 0 Å². The summed E-state index contributed by atoms with van der Waals surface area (Å²) in [6, 6.07) is 10.3. The van der Waals surface area contributed by atoms with E-state index >= 15 is 0 Å². The second-order valence-electron chi connectivity index (χ2n) is 4.87. The first-order valence-electron chi connectivity index (χ1n) is 6.73. The third-order valence-electron chi connectivity index (χ3n) is 3.12. The van der Waals surface area contributed by atoms with Gasteiger partial charge in [0.05, 0.1) is 12.2 Å². The third kappa shape index (κ3) is 3.75. The van der Waals surface area contributed by atoms with Gasteiger partial charge in [-0.2, -0.15) is 0 Å². The minimum Gasteiger partial charge on any atom is -0.490 e. The SMILES string of the molecule is O=C(Nc1ccc(F)cc1)c1cc(Cl)ccc1OCC1CO1. The highest BCUT2D eigenvalue weighted by Crippen LogP contribution is 2.25. The van der Waals surface area contributed by atoms with Crippen molar-refractivity contribution in [2.75, 3.05) is 18.5 Å². The van der Waals surface area contributed by atoms with E-state index in [9.17, 15) is 9.18 Å². The van der Waals surface area contributed by atoms with Gasteiger partial charge >= 0.3 is 0 Å². The maximum absolute atomic E-state index is 12.9. The van der Waals surface area contributed by atoms with Gasteiger partial charge < -0.3 is 14.8 Å². The zero-order chi connectivity index (χ0) is 15.5. The van der Waals surface area contributed by atoms with E-state index in [1.165, 1.54) is 30.3 Å². The molecule has 1 aliphatic rings. The number of amides is 1. The predicted octanol–water partition coefficient (Wildman–Crippen LogP) is 3.51. The molecule has 114 valence electrons. The van der Waals surface area contributed by atoms with Gasteiger partial charge in [-0.1, -0.05) is 11.6 Å². The number of ether oxygens (including phenoxy) is 2. The molecule has 1 saturated heterocycles. The normalized spacial score (nSPS) is 16.2. The number of epoxide rings is 1. The van der Waals surface area contributed by atoms with Crippen LogP contribution in [0.1, 0.15) is 10.4 Å². The highest BCUT2D eigenvalue weighted by molar-refractivity contribution is 6.31. The van der Waals surface area contributed by atoms with Crippen molar-refractivity contribution in [3.8, 4) is 5.75 Å². The number of anilines is 1. The van der Waals surface area contributed by atoms with Crippen LogP contribution in [0.2, 0.25) is 5.02 Å². The van der Waals surface area contributed by atoms with E-state index in [-0.39, 0.29) is 17.8 Å². The topological polar surface area (TPSA) is 50.9 Å². The average molecular weight is 322 g/mol. The second kappa shape index (κ2) is 6.34. The minimum absolute atomic E-state index is 0.0867. The average Bonchev–Trinajstić information content (AvgIpc) is 3.32. The highest BCUT2D eigenvalue weighted by atomic mass is 35.5. The van der Waals surface area contributed by atoms with Crippen molar-refractivity contribution in [1.29, 1.82) is 0 Å². The van der Waals surface area contributed by atoms with E-state index in [0.717, 1.165) is 0 Å². The first-order valence-corrected chi connectivity index (χ1v) is 7.10. The molecule has 1 unspecified atom stereocenters. The lowest BCUT2D eigenvalue weighted by molar-refractivity contribution is 0.102. The standard InChI is InChI=1S/C16H13ClFNO3/c17-10-1-6-15(22-9-13-8-21-13)14(7-10)16(20)19-12-4-2-11(18)3-5-12/h1-7,13H,8-9H2,(H,19,20). The maximum atomic E-state index is 12.9.